The average molecular weight is 360 g/mol. The Balaban J connectivity index is 1.28. The number of fused-ring (bicyclic) bond motifs is 4. The van der Waals surface area contributed by atoms with E-state index in [4.69, 9.17) is 4.52 Å². The second-order valence-corrected chi connectivity index (χ2v) is 7.37. The Hall–Kier alpha value is -3.29. The molecule has 0 radical (unpaired) electrons. The first-order valence-corrected chi connectivity index (χ1v) is 8.97. The number of imidazole rings is 1. The van der Waals surface area contributed by atoms with Crippen LogP contribution in [-0.4, -0.2) is 29.2 Å². The van der Waals surface area contributed by atoms with E-state index in [0.29, 0.717) is 34.8 Å². The monoisotopic (exact) mass is 360 g/mol. The highest BCUT2D eigenvalue weighted by molar-refractivity contribution is 5.68. The Morgan fingerprint density at radius 1 is 1.19 bits per heavy atom. The van der Waals surface area contributed by atoms with Crippen molar-refractivity contribution < 1.29 is 4.52 Å². The number of hydrogen-bond acceptors (Lipinski definition) is 6. The van der Waals surface area contributed by atoms with Crippen molar-refractivity contribution in [3.63, 3.8) is 0 Å². The van der Waals surface area contributed by atoms with Gasteiger partial charge in [-0.15, -0.1) is 0 Å². The van der Waals surface area contributed by atoms with Crippen molar-refractivity contribution in [2.45, 2.75) is 24.8 Å². The van der Waals surface area contributed by atoms with Crippen molar-refractivity contribution in [2.24, 2.45) is 13.0 Å². The summed E-state index contributed by atoms with van der Waals surface area (Å²) in [5.41, 5.74) is 3.59. The lowest BCUT2D eigenvalue weighted by molar-refractivity contribution is 0.364. The zero-order valence-electron chi connectivity index (χ0n) is 14.6. The van der Waals surface area contributed by atoms with Crippen LogP contribution >= 0.6 is 0 Å². The molecule has 3 aromatic heterocycles. The molecule has 0 N–H and O–H groups in total. The molecule has 1 fully saturated rings. The van der Waals surface area contributed by atoms with Crippen LogP contribution in [0.4, 0.5) is 0 Å². The van der Waals surface area contributed by atoms with Gasteiger partial charge in [0.2, 0.25) is 5.89 Å². The highest BCUT2D eigenvalue weighted by atomic mass is 16.5. The average Bonchev–Trinajstić information content (AvgIpc) is 3.03. The lowest BCUT2D eigenvalue weighted by atomic mass is 10.0. The van der Waals surface area contributed by atoms with E-state index in [1.54, 1.807) is 17.9 Å². The lowest BCUT2D eigenvalue weighted by Gasteiger charge is -2.04. The summed E-state index contributed by atoms with van der Waals surface area (Å²) in [6.45, 7) is 0.207. The van der Waals surface area contributed by atoms with E-state index in [0.717, 1.165) is 12.2 Å². The topological polar surface area (TPSA) is 91.6 Å². The molecule has 0 bridgehead atoms. The normalized spacial score (nSPS) is 22.8. The quantitative estimate of drug-likeness (QED) is 0.551. The molecule has 3 heterocycles. The molecule has 0 saturated heterocycles. The van der Waals surface area contributed by atoms with Crippen LogP contribution in [0, 0.1) is 5.92 Å². The van der Waals surface area contributed by atoms with Crippen LogP contribution < -0.4 is 5.56 Å². The van der Waals surface area contributed by atoms with Gasteiger partial charge < -0.3 is 9.09 Å². The Labute approximate surface area is 153 Å². The fourth-order valence-corrected chi connectivity index (χ4v) is 4.50. The van der Waals surface area contributed by atoms with Gasteiger partial charge in [-0.3, -0.25) is 9.36 Å². The van der Waals surface area contributed by atoms with Crippen LogP contribution in [0.3, 0.4) is 0 Å². The van der Waals surface area contributed by atoms with E-state index < -0.39 is 0 Å². The molecule has 8 nitrogen and oxygen atoms in total. The summed E-state index contributed by atoms with van der Waals surface area (Å²) < 4.78 is 8.58. The van der Waals surface area contributed by atoms with E-state index in [1.807, 2.05) is 0 Å². The molecule has 0 spiro atoms. The Kier molecular flexibility index (Phi) is 2.81. The minimum atomic E-state index is -0.169. The van der Waals surface area contributed by atoms with Crippen LogP contribution in [0.25, 0.3) is 11.2 Å². The van der Waals surface area contributed by atoms with E-state index in [9.17, 15) is 4.79 Å². The van der Waals surface area contributed by atoms with Gasteiger partial charge in [0, 0.05) is 13.0 Å². The van der Waals surface area contributed by atoms with Gasteiger partial charge in [-0.25, -0.2) is 9.97 Å². The van der Waals surface area contributed by atoms with Crippen molar-refractivity contribution in [3.8, 4) is 0 Å². The number of benzene rings is 1. The largest absolute Gasteiger partial charge is 0.337 e. The molecule has 4 aromatic rings. The molecular formula is C19H16N6O2. The molecule has 1 saturated carbocycles. The van der Waals surface area contributed by atoms with Crippen LogP contribution in [-0.2, 0) is 20.0 Å². The van der Waals surface area contributed by atoms with Crippen molar-refractivity contribution in [2.75, 3.05) is 0 Å². The fraction of sp³-hybridized carbons (Fsp3) is 0.316. The molecule has 2 aliphatic rings. The standard InChI is InChI=1S/C19H16N6O2/c1-24-8-20-18-16(24)19(26)25(9-21-18)7-13-22-17(23-27-13)15-12-6-10-4-2-3-5-11(10)14(12)15/h2-5,8-9,12,14-15H,6-7H2,1H3/t12-,14?,15+/m1/s1. The molecule has 1 aromatic carbocycles. The molecule has 0 aliphatic heterocycles. The summed E-state index contributed by atoms with van der Waals surface area (Å²) in [4.78, 5) is 25.5. The third-order valence-corrected chi connectivity index (χ3v) is 5.83. The van der Waals surface area contributed by atoms with Crippen LogP contribution in [0.15, 0.2) is 46.2 Å². The van der Waals surface area contributed by atoms with Crippen LogP contribution in [0.2, 0.25) is 0 Å². The highest BCUT2D eigenvalue weighted by Gasteiger charge is 2.58. The maximum absolute atomic E-state index is 12.6. The minimum absolute atomic E-state index is 0.169. The summed E-state index contributed by atoms with van der Waals surface area (Å²) in [7, 11) is 1.78. The minimum Gasteiger partial charge on any atom is -0.337 e. The third-order valence-electron chi connectivity index (χ3n) is 5.83. The number of nitrogens with zero attached hydrogens (tertiary/aromatic N) is 6. The molecule has 2 aliphatic carbocycles. The van der Waals surface area contributed by atoms with E-state index in [-0.39, 0.29) is 12.1 Å². The summed E-state index contributed by atoms with van der Waals surface area (Å²) in [6.07, 6.45) is 4.14. The number of aromatic nitrogens is 6. The van der Waals surface area contributed by atoms with E-state index >= 15 is 0 Å². The molecule has 27 heavy (non-hydrogen) atoms. The van der Waals surface area contributed by atoms with Gasteiger partial charge in [0.25, 0.3) is 5.56 Å². The third kappa shape index (κ3) is 2.06. The van der Waals surface area contributed by atoms with Gasteiger partial charge in [-0.05, 0) is 29.4 Å². The number of rotatable bonds is 3. The van der Waals surface area contributed by atoms with E-state index in [2.05, 4.69) is 44.4 Å². The molecule has 8 heteroatoms. The van der Waals surface area contributed by atoms with Crippen molar-refractivity contribution in [3.05, 3.63) is 70.1 Å². The smallest absolute Gasteiger partial charge is 0.280 e. The van der Waals surface area contributed by atoms with Gasteiger partial charge in [0.1, 0.15) is 12.9 Å². The SMILES string of the molecule is Cn1cnc2ncn(Cc3nc([C@@H]4C5c6ccccc6C[C@H]54)no3)c(=O)c21. The second-order valence-electron chi connectivity index (χ2n) is 7.37. The molecule has 1 unspecified atom stereocenters. The van der Waals surface area contributed by atoms with Crippen molar-refractivity contribution in [1.82, 2.24) is 29.2 Å². The fourth-order valence-electron chi connectivity index (χ4n) is 4.50. The number of aryl methyl sites for hydroxylation is 1. The summed E-state index contributed by atoms with van der Waals surface area (Å²) in [5.74, 6) is 2.57. The van der Waals surface area contributed by atoms with Crippen molar-refractivity contribution in [1.29, 1.82) is 0 Å². The Bertz CT molecular complexity index is 1250. The van der Waals surface area contributed by atoms with Crippen LogP contribution in [0.5, 0.6) is 0 Å². The zero-order valence-corrected chi connectivity index (χ0v) is 14.6. The first kappa shape index (κ1) is 14.8. The van der Waals surface area contributed by atoms with Gasteiger partial charge >= 0.3 is 0 Å². The van der Waals surface area contributed by atoms with Gasteiger partial charge in [0.05, 0.1) is 6.33 Å². The van der Waals surface area contributed by atoms with Gasteiger partial charge in [-0.1, -0.05) is 29.4 Å². The maximum atomic E-state index is 12.6. The van der Waals surface area contributed by atoms with Crippen LogP contribution in [0.1, 0.15) is 34.7 Å². The number of hydrogen-bond donors (Lipinski definition) is 0. The van der Waals surface area contributed by atoms with Gasteiger partial charge in [0.15, 0.2) is 17.0 Å². The molecule has 3 atom stereocenters. The Morgan fingerprint density at radius 2 is 2.04 bits per heavy atom. The molecule has 0 amide bonds. The molecule has 134 valence electrons. The summed E-state index contributed by atoms with van der Waals surface area (Å²) >= 11 is 0. The van der Waals surface area contributed by atoms with Crippen molar-refractivity contribution >= 4 is 11.2 Å². The first-order valence-electron chi connectivity index (χ1n) is 8.97. The summed E-state index contributed by atoms with van der Waals surface area (Å²) in [6, 6.07) is 8.59. The lowest BCUT2D eigenvalue weighted by Crippen LogP contribution is -2.22. The van der Waals surface area contributed by atoms with E-state index in [1.165, 1.54) is 22.0 Å². The van der Waals surface area contributed by atoms with Gasteiger partial charge in [-0.2, -0.15) is 4.98 Å². The molecule has 6 rings (SSSR count). The Morgan fingerprint density at radius 3 is 2.96 bits per heavy atom. The first-order chi connectivity index (χ1) is 13.2. The predicted molar refractivity (Wildman–Crippen MR) is 95.3 cm³/mol. The predicted octanol–water partition coefficient (Wildman–Crippen LogP) is 1.61. The zero-order chi connectivity index (χ0) is 18.1. The summed E-state index contributed by atoms with van der Waals surface area (Å²) in [5, 5.41) is 4.19. The molecular weight excluding hydrogens is 344 g/mol. The second kappa shape index (κ2) is 5.12. The maximum Gasteiger partial charge on any atom is 0.280 e. The highest BCUT2D eigenvalue weighted by Crippen LogP contribution is 2.65.